The minimum atomic E-state index is -0.484. The summed E-state index contributed by atoms with van der Waals surface area (Å²) < 4.78 is 5.26. The molecule has 0 fully saturated rings. The normalized spacial score (nSPS) is 11.7. The van der Waals surface area contributed by atoms with Crippen LogP contribution in [0.15, 0.2) is 24.4 Å². The number of aromatic amines is 1. The summed E-state index contributed by atoms with van der Waals surface area (Å²) in [5, 5.41) is 0. The molecule has 0 aliphatic carbocycles. The van der Waals surface area contributed by atoms with Crippen LogP contribution in [0.1, 0.15) is 31.3 Å². The van der Waals surface area contributed by atoms with Crippen molar-refractivity contribution in [2.45, 2.75) is 26.4 Å². The molecule has 2 heterocycles. The van der Waals surface area contributed by atoms with Crippen LogP contribution in [0.25, 0.3) is 11.0 Å². The number of esters is 1. The number of ether oxygens (including phenoxy) is 1. The summed E-state index contributed by atoms with van der Waals surface area (Å²) >= 11 is 0. The lowest BCUT2D eigenvalue weighted by Gasteiger charge is -2.18. The quantitative estimate of drug-likeness (QED) is 0.748. The number of rotatable bonds is 1. The van der Waals surface area contributed by atoms with E-state index in [4.69, 9.17) is 4.74 Å². The SMILES string of the molecule is CC(C)(C)OC(=O)c1cc2ncccc2[nH]1. The second kappa shape index (κ2) is 3.63. The minimum Gasteiger partial charge on any atom is -0.455 e. The van der Waals surface area contributed by atoms with Crippen LogP contribution in [0.3, 0.4) is 0 Å². The van der Waals surface area contributed by atoms with Crippen LogP contribution in [0, 0.1) is 0 Å². The summed E-state index contributed by atoms with van der Waals surface area (Å²) in [6, 6.07) is 5.39. The second-order valence-electron chi connectivity index (χ2n) is 4.62. The van der Waals surface area contributed by atoms with E-state index in [0.717, 1.165) is 11.0 Å². The van der Waals surface area contributed by atoms with Gasteiger partial charge in [0.2, 0.25) is 0 Å². The van der Waals surface area contributed by atoms with Gasteiger partial charge in [-0.15, -0.1) is 0 Å². The van der Waals surface area contributed by atoms with E-state index in [2.05, 4.69) is 9.97 Å². The van der Waals surface area contributed by atoms with Crippen LogP contribution >= 0.6 is 0 Å². The number of pyridine rings is 1. The monoisotopic (exact) mass is 218 g/mol. The summed E-state index contributed by atoms with van der Waals surface area (Å²) in [6.07, 6.45) is 1.69. The van der Waals surface area contributed by atoms with E-state index in [1.807, 2.05) is 32.9 Å². The number of hydrogen-bond acceptors (Lipinski definition) is 3. The minimum absolute atomic E-state index is 0.356. The van der Waals surface area contributed by atoms with Gasteiger partial charge in [0.25, 0.3) is 0 Å². The Balaban J connectivity index is 2.30. The Labute approximate surface area is 93.6 Å². The number of carbonyl (C=O) groups is 1. The predicted molar refractivity (Wildman–Crippen MR) is 61.3 cm³/mol. The van der Waals surface area contributed by atoms with E-state index in [0.29, 0.717) is 5.69 Å². The third-order valence-electron chi connectivity index (χ3n) is 2.01. The van der Waals surface area contributed by atoms with Crippen molar-refractivity contribution in [1.82, 2.24) is 9.97 Å². The first-order valence-electron chi connectivity index (χ1n) is 5.13. The van der Waals surface area contributed by atoms with Crippen molar-refractivity contribution in [3.8, 4) is 0 Å². The highest BCUT2D eigenvalue weighted by Gasteiger charge is 2.19. The van der Waals surface area contributed by atoms with Crippen molar-refractivity contribution in [3.05, 3.63) is 30.1 Å². The molecule has 4 heteroatoms. The highest BCUT2D eigenvalue weighted by molar-refractivity contribution is 5.93. The molecule has 0 aromatic carbocycles. The molecule has 84 valence electrons. The highest BCUT2D eigenvalue weighted by Crippen LogP contribution is 2.15. The molecule has 2 aromatic rings. The molecule has 2 aromatic heterocycles. The zero-order chi connectivity index (χ0) is 11.8. The van der Waals surface area contributed by atoms with Crippen molar-refractivity contribution in [1.29, 1.82) is 0 Å². The molecular formula is C12H14N2O2. The molecule has 0 atom stereocenters. The van der Waals surface area contributed by atoms with Gasteiger partial charge in [-0.2, -0.15) is 0 Å². The van der Waals surface area contributed by atoms with Crippen LogP contribution in [0.5, 0.6) is 0 Å². The molecule has 16 heavy (non-hydrogen) atoms. The Bertz CT molecular complexity index is 490. The molecule has 1 N–H and O–H groups in total. The molecule has 0 saturated heterocycles. The summed E-state index contributed by atoms with van der Waals surface area (Å²) in [4.78, 5) is 18.9. The van der Waals surface area contributed by atoms with Gasteiger partial charge in [0.15, 0.2) is 0 Å². The van der Waals surface area contributed by atoms with Gasteiger partial charge in [-0.1, -0.05) is 0 Å². The van der Waals surface area contributed by atoms with Crippen LogP contribution in [-0.4, -0.2) is 21.5 Å². The summed E-state index contributed by atoms with van der Waals surface area (Å²) in [6.45, 7) is 5.52. The maximum Gasteiger partial charge on any atom is 0.355 e. The van der Waals surface area contributed by atoms with Crippen LogP contribution in [0.2, 0.25) is 0 Å². The average molecular weight is 218 g/mol. The van der Waals surface area contributed by atoms with Gasteiger partial charge in [0.05, 0.1) is 11.0 Å². The van der Waals surface area contributed by atoms with Gasteiger partial charge in [-0.25, -0.2) is 4.79 Å². The number of fused-ring (bicyclic) bond motifs is 1. The first kappa shape index (κ1) is 10.7. The fourth-order valence-electron chi connectivity index (χ4n) is 1.40. The van der Waals surface area contributed by atoms with E-state index in [-0.39, 0.29) is 5.97 Å². The summed E-state index contributed by atoms with van der Waals surface area (Å²) in [5.41, 5.74) is 1.55. The number of nitrogens with one attached hydrogen (secondary N) is 1. The lowest BCUT2D eigenvalue weighted by molar-refractivity contribution is 0.00639. The zero-order valence-corrected chi connectivity index (χ0v) is 9.57. The zero-order valence-electron chi connectivity index (χ0n) is 9.57. The first-order chi connectivity index (χ1) is 7.46. The van der Waals surface area contributed by atoms with E-state index >= 15 is 0 Å². The van der Waals surface area contributed by atoms with Gasteiger partial charge >= 0.3 is 5.97 Å². The van der Waals surface area contributed by atoms with Gasteiger partial charge in [-0.3, -0.25) is 4.98 Å². The highest BCUT2D eigenvalue weighted by atomic mass is 16.6. The van der Waals surface area contributed by atoms with E-state index in [1.54, 1.807) is 12.3 Å². The first-order valence-corrected chi connectivity index (χ1v) is 5.13. The second-order valence-corrected chi connectivity index (χ2v) is 4.62. The number of aromatic nitrogens is 2. The van der Waals surface area contributed by atoms with Crippen molar-refractivity contribution in [3.63, 3.8) is 0 Å². The predicted octanol–water partition coefficient (Wildman–Crippen LogP) is 2.52. The molecule has 0 aliphatic heterocycles. The van der Waals surface area contributed by atoms with E-state index in [1.165, 1.54) is 0 Å². The lowest BCUT2D eigenvalue weighted by atomic mass is 10.2. The molecule has 0 unspecified atom stereocenters. The van der Waals surface area contributed by atoms with Crippen LogP contribution < -0.4 is 0 Å². The van der Waals surface area contributed by atoms with Gasteiger partial charge in [0.1, 0.15) is 11.3 Å². The van der Waals surface area contributed by atoms with Crippen molar-refractivity contribution in [2.24, 2.45) is 0 Å². The fraction of sp³-hybridized carbons (Fsp3) is 0.333. The Morgan fingerprint density at radius 2 is 2.19 bits per heavy atom. The Kier molecular flexibility index (Phi) is 2.42. The molecule has 0 amide bonds. The number of H-pyrrole nitrogens is 1. The van der Waals surface area contributed by atoms with E-state index in [9.17, 15) is 4.79 Å². The molecule has 0 spiro atoms. The molecular weight excluding hydrogens is 204 g/mol. The lowest BCUT2D eigenvalue weighted by Crippen LogP contribution is -2.24. The molecule has 2 rings (SSSR count). The van der Waals surface area contributed by atoms with Crippen molar-refractivity contribution < 1.29 is 9.53 Å². The van der Waals surface area contributed by atoms with Gasteiger partial charge < -0.3 is 9.72 Å². The molecule has 0 saturated carbocycles. The summed E-state index contributed by atoms with van der Waals surface area (Å²) in [5.74, 6) is -0.356. The number of nitrogens with zero attached hydrogens (tertiary/aromatic N) is 1. The summed E-state index contributed by atoms with van der Waals surface area (Å²) in [7, 11) is 0. The smallest absolute Gasteiger partial charge is 0.355 e. The third kappa shape index (κ3) is 2.21. The van der Waals surface area contributed by atoms with E-state index < -0.39 is 5.60 Å². The molecule has 4 nitrogen and oxygen atoms in total. The Hall–Kier alpha value is -1.84. The topological polar surface area (TPSA) is 55.0 Å². The maximum atomic E-state index is 11.7. The van der Waals surface area contributed by atoms with Crippen molar-refractivity contribution in [2.75, 3.05) is 0 Å². The van der Waals surface area contributed by atoms with Crippen LogP contribution in [-0.2, 0) is 4.74 Å². The maximum absolute atomic E-state index is 11.7. The largest absolute Gasteiger partial charge is 0.455 e. The average Bonchev–Trinajstić information content (AvgIpc) is 2.58. The molecule has 0 bridgehead atoms. The standard InChI is InChI=1S/C12H14N2O2/c1-12(2,3)16-11(15)10-7-9-8(14-10)5-4-6-13-9/h4-7,14H,1-3H3. The number of hydrogen-bond donors (Lipinski definition) is 1. The van der Waals surface area contributed by atoms with Crippen molar-refractivity contribution >= 4 is 17.0 Å². The Morgan fingerprint density at radius 3 is 2.81 bits per heavy atom. The fourth-order valence-corrected chi connectivity index (χ4v) is 1.40. The van der Waals surface area contributed by atoms with Gasteiger partial charge in [0, 0.05) is 6.20 Å². The van der Waals surface area contributed by atoms with Crippen LogP contribution in [0.4, 0.5) is 0 Å². The molecule has 0 aliphatic rings. The molecule has 0 radical (unpaired) electrons. The number of carbonyl (C=O) groups excluding carboxylic acids is 1. The Morgan fingerprint density at radius 1 is 1.44 bits per heavy atom. The van der Waals surface area contributed by atoms with Gasteiger partial charge in [-0.05, 0) is 39.0 Å². The third-order valence-corrected chi connectivity index (χ3v) is 2.01.